The molecule has 160 valence electrons. The Labute approximate surface area is 185 Å². The Morgan fingerprint density at radius 1 is 1.06 bits per heavy atom. The lowest BCUT2D eigenvalue weighted by Crippen LogP contribution is -2.35. The van der Waals surface area contributed by atoms with Gasteiger partial charge in [0.2, 0.25) is 10.0 Å². The first-order chi connectivity index (χ1) is 15.0. The van der Waals surface area contributed by atoms with Gasteiger partial charge in [-0.15, -0.1) is 11.3 Å². The highest BCUT2D eigenvalue weighted by Crippen LogP contribution is 2.32. The third kappa shape index (κ3) is 4.00. The van der Waals surface area contributed by atoms with Crippen LogP contribution in [0.25, 0.3) is 0 Å². The number of hydrogen-bond donors (Lipinski definition) is 1. The Bertz CT molecular complexity index is 1240. The predicted molar refractivity (Wildman–Crippen MR) is 119 cm³/mol. The minimum Gasteiger partial charge on any atom is -0.296 e. The van der Waals surface area contributed by atoms with E-state index in [-0.39, 0.29) is 12.5 Å². The SMILES string of the molecule is O=C(Nc1nc2c(s1)CN(S(=O)(=O)c1ccc3c(c1)CCCC3)CC2)c1ccccn1. The summed E-state index contributed by atoms with van der Waals surface area (Å²) in [6.07, 6.45) is 6.32. The first-order valence-electron chi connectivity index (χ1n) is 10.3. The van der Waals surface area contributed by atoms with Gasteiger partial charge in [-0.05, 0) is 61.1 Å². The van der Waals surface area contributed by atoms with Gasteiger partial charge in [-0.1, -0.05) is 12.1 Å². The van der Waals surface area contributed by atoms with E-state index in [0.717, 1.165) is 35.4 Å². The molecule has 0 spiro atoms. The maximum atomic E-state index is 13.3. The minimum atomic E-state index is -3.58. The smallest absolute Gasteiger partial charge is 0.276 e. The van der Waals surface area contributed by atoms with Crippen LogP contribution in [0.15, 0.2) is 47.5 Å². The van der Waals surface area contributed by atoms with Crippen molar-refractivity contribution in [3.05, 3.63) is 70.0 Å². The van der Waals surface area contributed by atoms with Gasteiger partial charge in [0.1, 0.15) is 5.69 Å². The van der Waals surface area contributed by atoms with Crippen molar-refractivity contribution in [3.63, 3.8) is 0 Å². The number of nitrogens with zero attached hydrogens (tertiary/aromatic N) is 3. The molecule has 5 rings (SSSR count). The number of nitrogens with one attached hydrogen (secondary N) is 1. The van der Waals surface area contributed by atoms with E-state index < -0.39 is 10.0 Å². The Hall–Kier alpha value is -2.62. The monoisotopic (exact) mass is 454 g/mol. The van der Waals surface area contributed by atoms with Gasteiger partial charge in [0.25, 0.3) is 5.91 Å². The number of sulfonamides is 1. The van der Waals surface area contributed by atoms with Crippen LogP contribution in [-0.4, -0.2) is 35.1 Å². The van der Waals surface area contributed by atoms with Crippen molar-refractivity contribution in [1.82, 2.24) is 14.3 Å². The third-order valence-electron chi connectivity index (χ3n) is 5.77. The van der Waals surface area contributed by atoms with Crippen molar-refractivity contribution in [2.75, 3.05) is 11.9 Å². The molecule has 1 aliphatic heterocycles. The summed E-state index contributed by atoms with van der Waals surface area (Å²) in [5.41, 5.74) is 3.58. The van der Waals surface area contributed by atoms with Crippen molar-refractivity contribution >= 4 is 32.4 Å². The fourth-order valence-electron chi connectivity index (χ4n) is 4.11. The van der Waals surface area contributed by atoms with Gasteiger partial charge in [-0.2, -0.15) is 4.31 Å². The molecular formula is C22H22N4O3S2. The van der Waals surface area contributed by atoms with E-state index in [1.165, 1.54) is 27.6 Å². The summed E-state index contributed by atoms with van der Waals surface area (Å²) in [6.45, 7) is 0.648. The lowest BCUT2D eigenvalue weighted by Gasteiger charge is -2.26. The van der Waals surface area contributed by atoms with Gasteiger partial charge in [-0.3, -0.25) is 15.1 Å². The molecule has 7 nitrogen and oxygen atoms in total. The summed E-state index contributed by atoms with van der Waals surface area (Å²) in [5, 5.41) is 3.24. The number of aromatic nitrogens is 2. The Morgan fingerprint density at radius 3 is 2.71 bits per heavy atom. The van der Waals surface area contributed by atoms with Crippen molar-refractivity contribution in [2.24, 2.45) is 0 Å². The van der Waals surface area contributed by atoms with Crippen LogP contribution >= 0.6 is 11.3 Å². The summed E-state index contributed by atoms with van der Waals surface area (Å²) in [7, 11) is -3.58. The molecule has 0 saturated heterocycles. The number of pyridine rings is 1. The standard InChI is InChI=1S/C22H22N4O3S2/c27-21(19-7-3-4-11-23-19)25-22-24-18-10-12-26(14-20(18)30-22)31(28,29)17-9-8-15-5-1-2-6-16(15)13-17/h3-4,7-9,11,13H,1-2,5-6,10,12,14H2,(H,24,25,27). The van der Waals surface area contributed by atoms with Gasteiger partial charge < -0.3 is 0 Å². The number of benzene rings is 1. The highest BCUT2D eigenvalue weighted by atomic mass is 32.2. The van der Waals surface area contributed by atoms with Crippen LogP contribution in [-0.2, 0) is 35.8 Å². The Morgan fingerprint density at radius 2 is 1.90 bits per heavy atom. The van der Waals surface area contributed by atoms with Crippen molar-refractivity contribution < 1.29 is 13.2 Å². The lowest BCUT2D eigenvalue weighted by atomic mass is 9.92. The topological polar surface area (TPSA) is 92.3 Å². The maximum absolute atomic E-state index is 13.3. The molecule has 2 aliphatic rings. The molecule has 0 saturated carbocycles. The fourth-order valence-corrected chi connectivity index (χ4v) is 6.67. The molecule has 1 aliphatic carbocycles. The molecule has 31 heavy (non-hydrogen) atoms. The molecule has 0 bridgehead atoms. The number of carbonyl (C=O) groups is 1. The summed E-state index contributed by atoms with van der Waals surface area (Å²) in [4.78, 5) is 22.1. The third-order valence-corrected chi connectivity index (χ3v) is 8.61. The average molecular weight is 455 g/mol. The van der Waals surface area contributed by atoms with Crippen molar-refractivity contribution in [2.45, 2.75) is 43.5 Å². The number of anilines is 1. The van der Waals surface area contributed by atoms with Crippen LogP contribution in [0.4, 0.5) is 5.13 Å². The van der Waals surface area contributed by atoms with Crippen molar-refractivity contribution in [1.29, 1.82) is 0 Å². The van der Waals surface area contributed by atoms with E-state index in [1.54, 1.807) is 30.5 Å². The van der Waals surface area contributed by atoms with E-state index in [9.17, 15) is 13.2 Å². The molecule has 0 fully saturated rings. The van der Waals surface area contributed by atoms with E-state index in [0.29, 0.717) is 28.7 Å². The Kier molecular flexibility index (Phi) is 5.33. The van der Waals surface area contributed by atoms with Gasteiger partial charge in [0, 0.05) is 24.0 Å². The van der Waals surface area contributed by atoms with Gasteiger partial charge in [0.15, 0.2) is 5.13 Å². The fraction of sp³-hybridized carbons (Fsp3) is 0.318. The van der Waals surface area contributed by atoms with E-state index >= 15 is 0 Å². The van der Waals surface area contributed by atoms with Crippen LogP contribution in [0.3, 0.4) is 0 Å². The molecule has 1 aromatic carbocycles. The van der Waals surface area contributed by atoms with Crippen LogP contribution in [0.5, 0.6) is 0 Å². The number of hydrogen-bond acceptors (Lipinski definition) is 6. The average Bonchev–Trinajstić information content (AvgIpc) is 3.20. The number of thiazole rings is 1. The normalized spacial score (nSPS) is 16.4. The maximum Gasteiger partial charge on any atom is 0.276 e. The van der Waals surface area contributed by atoms with Gasteiger partial charge in [-0.25, -0.2) is 13.4 Å². The van der Waals surface area contributed by atoms with E-state index in [4.69, 9.17) is 0 Å². The molecule has 0 atom stereocenters. The first-order valence-corrected chi connectivity index (χ1v) is 12.6. The minimum absolute atomic E-state index is 0.270. The summed E-state index contributed by atoms with van der Waals surface area (Å²) < 4.78 is 28.1. The zero-order valence-electron chi connectivity index (χ0n) is 16.9. The van der Waals surface area contributed by atoms with E-state index in [1.807, 2.05) is 12.1 Å². The summed E-state index contributed by atoms with van der Waals surface area (Å²) in [5.74, 6) is -0.328. The molecule has 2 aromatic heterocycles. The Balaban J connectivity index is 1.34. The van der Waals surface area contributed by atoms with Gasteiger partial charge in [0.05, 0.1) is 17.1 Å². The molecule has 0 unspecified atom stereocenters. The second-order valence-corrected chi connectivity index (χ2v) is 10.8. The molecule has 1 amide bonds. The number of amides is 1. The molecule has 3 aromatic rings. The zero-order chi connectivity index (χ0) is 21.4. The largest absolute Gasteiger partial charge is 0.296 e. The summed E-state index contributed by atoms with van der Waals surface area (Å²) >= 11 is 1.32. The van der Waals surface area contributed by atoms with Crippen LogP contribution in [0.1, 0.15) is 45.0 Å². The second kappa shape index (κ2) is 8.14. The predicted octanol–water partition coefficient (Wildman–Crippen LogP) is 3.42. The number of fused-ring (bicyclic) bond motifs is 2. The molecule has 3 heterocycles. The zero-order valence-corrected chi connectivity index (χ0v) is 18.5. The number of rotatable bonds is 4. The number of aryl methyl sites for hydroxylation is 2. The van der Waals surface area contributed by atoms with Gasteiger partial charge >= 0.3 is 0 Å². The second-order valence-electron chi connectivity index (χ2n) is 7.78. The summed E-state index contributed by atoms with van der Waals surface area (Å²) in [6, 6.07) is 10.7. The van der Waals surface area contributed by atoms with Crippen LogP contribution in [0.2, 0.25) is 0 Å². The molecule has 0 radical (unpaired) electrons. The molecule has 1 N–H and O–H groups in total. The lowest BCUT2D eigenvalue weighted by molar-refractivity contribution is 0.102. The van der Waals surface area contributed by atoms with E-state index in [2.05, 4.69) is 15.3 Å². The molecule has 9 heteroatoms. The highest BCUT2D eigenvalue weighted by molar-refractivity contribution is 7.89. The number of carbonyl (C=O) groups excluding carboxylic acids is 1. The molecular weight excluding hydrogens is 432 g/mol. The highest BCUT2D eigenvalue weighted by Gasteiger charge is 2.31. The van der Waals surface area contributed by atoms with Crippen LogP contribution < -0.4 is 5.32 Å². The van der Waals surface area contributed by atoms with Crippen molar-refractivity contribution in [3.8, 4) is 0 Å². The van der Waals surface area contributed by atoms with Crippen LogP contribution in [0, 0.1) is 0 Å². The first kappa shape index (κ1) is 20.3. The quantitative estimate of drug-likeness (QED) is 0.652.